The molecule has 6 nitrogen and oxygen atoms in total. The summed E-state index contributed by atoms with van der Waals surface area (Å²) in [5, 5.41) is 3.55. The molecule has 0 radical (unpaired) electrons. The highest BCUT2D eigenvalue weighted by atomic mass is 16.2. The second-order valence-corrected chi connectivity index (χ2v) is 6.72. The first-order chi connectivity index (χ1) is 12.0. The number of hydrogen-bond acceptors (Lipinski definition) is 4. The van der Waals surface area contributed by atoms with Crippen molar-refractivity contribution < 1.29 is 4.79 Å². The molecule has 6 heteroatoms. The minimum absolute atomic E-state index is 0.0542. The van der Waals surface area contributed by atoms with Gasteiger partial charge < -0.3 is 9.88 Å². The van der Waals surface area contributed by atoms with E-state index in [2.05, 4.69) is 25.8 Å². The molecule has 3 rings (SSSR count). The summed E-state index contributed by atoms with van der Waals surface area (Å²) in [6.07, 6.45) is 2.93. The van der Waals surface area contributed by atoms with Crippen LogP contribution in [0, 0.1) is 6.92 Å². The average Bonchev–Trinajstić information content (AvgIpc) is 2.55. The highest BCUT2D eigenvalue weighted by Crippen LogP contribution is 2.22. The van der Waals surface area contributed by atoms with Crippen LogP contribution in [0.2, 0.25) is 0 Å². The number of rotatable bonds is 4. The van der Waals surface area contributed by atoms with Crippen molar-refractivity contribution in [1.29, 1.82) is 0 Å². The molecule has 0 fully saturated rings. The molecule has 2 aromatic rings. The predicted molar refractivity (Wildman–Crippen MR) is 99.3 cm³/mol. The average molecular weight is 340 g/mol. The van der Waals surface area contributed by atoms with Crippen LogP contribution in [0.25, 0.3) is 16.6 Å². The van der Waals surface area contributed by atoms with Gasteiger partial charge in [-0.3, -0.25) is 14.5 Å². The summed E-state index contributed by atoms with van der Waals surface area (Å²) in [5.41, 5.74) is 1.83. The minimum Gasteiger partial charge on any atom is -0.353 e. The number of nitrogens with zero attached hydrogens (tertiary/aromatic N) is 3. The third kappa shape index (κ3) is 3.79. The molecule has 132 valence electrons. The van der Waals surface area contributed by atoms with Crippen molar-refractivity contribution >= 4 is 22.5 Å². The third-order valence-electron chi connectivity index (χ3n) is 4.34. The van der Waals surface area contributed by atoms with E-state index < -0.39 is 0 Å². The number of aryl methyl sites for hydroxylation is 1. The van der Waals surface area contributed by atoms with Crippen LogP contribution in [0.5, 0.6) is 0 Å². The Morgan fingerprint density at radius 1 is 1.32 bits per heavy atom. The Hall–Kier alpha value is -2.47. The Kier molecular flexibility index (Phi) is 4.99. The van der Waals surface area contributed by atoms with E-state index in [1.54, 1.807) is 0 Å². The van der Waals surface area contributed by atoms with Gasteiger partial charge in [-0.1, -0.05) is 18.2 Å². The Balaban J connectivity index is 1.84. The van der Waals surface area contributed by atoms with E-state index >= 15 is 0 Å². The molecule has 0 spiro atoms. The number of carbonyl (C=O) groups is 1. The van der Waals surface area contributed by atoms with Crippen molar-refractivity contribution in [3.8, 4) is 0 Å². The number of fused-ring (bicyclic) bond motifs is 1. The maximum Gasteiger partial charge on any atom is 0.280 e. The summed E-state index contributed by atoms with van der Waals surface area (Å²) in [7, 11) is 0. The van der Waals surface area contributed by atoms with Crippen LogP contribution < -0.4 is 10.9 Å². The smallest absolute Gasteiger partial charge is 0.280 e. The number of nitrogens with one attached hydrogen (secondary N) is 1. The number of aromatic nitrogens is 2. The Bertz CT molecular complexity index is 883. The molecule has 0 aliphatic carbocycles. The van der Waals surface area contributed by atoms with Crippen molar-refractivity contribution in [2.24, 2.45) is 0 Å². The lowest BCUT2D eigenvalue weighted by Gasteiger charge is -2.28. The van der Waals surface area contributed by atoms with Gasteiger partial charge in [0, 0.05) is 31.2 Å². The quantitative estimate of drug-likeness (QED) is 0.921. The zero-order valence-electron chi connectivity index (χ0n) is 15.0. The second kappa shape index (κ2) is 7.19. The van der Waals surface area contributed by atoms with Crippen LogP contribution in [0.3, 0.4) is 0 Å². The summed E-state index contributed by atoms with van der Waals surface area (Å²) >= 11 is 0. The summed E-state index contributed by atoms with van der Waals surface area (Å²) < 4.78 is 2.06. The van der Waals surface area contributed by atoms with Crippen molar-refractivity contribution in [3.05, 3.63) is 46.5 Å². The van der Waals surface area contributed by atoms with Gasteiger partial charge in [0.2, 0.25) is 5.91 Å². The topological polar surface area (TPSA) is 67.2 Å². The Labute approximate surface area is 147 Å². The summed E-state index contributed by atoms with van der Waals surface area (Å²) in [6, 6.07) is 7.71. The number of amides is 1. The van der Waals surface area contributed by atoms with Gasteiger partial charge in [0.1, 0.15) is 5.82 Å². The van der Waals surface area contributed by atoms with E-state index in [-0.39, 0.29) is 17.5 Å². The summed E-state index contributed by atoms with van der Waals surface area (Å²) in [4.78, 5) is 30.3. The molecule has 2 heterocycles. The number of hydrogen-bond donors (Lipinski definition) is 1. The molecule has 1 aliphatic heterocycles. The van der Waals surface area contributed by atoms with Gasteiger partial charge >= 0.3 is 0 Å². The molecule has 1 amide bonds. The standard InChI is InChI=1S/C19H24N4O2/c1-13(2)20-18(24)12-22-10-8-15(9-11-22)23-14(3)21-19(25)16-6-4-5-7-17(16)23/h4-8,13H,9-12H2,1-3H3,(H,20,24). The molecule has 0 atom stereocenters. The maximum absolute atomic E-state index is 12.1. The van der Waals surface area contributed by atoms with Gasteiger partial charge in [-0.05, 0) is 32.9 Å². The van der Waals surface area contributed by atoms with Crippen LogP contribution in [-0.2, 0) is 4.79 Å². The number of para-hydroxylation sites is 1. The first-order valence-corrected chi connectivity index (χ1v) is 8.65. The molecule has 1 aromatic carbocycles. The molecular formula is C19H24N4O2. The van der Waals surface area contributed by atoms with Crippen LogP contribution in [0.1, 0.15) is 26.1 Å². The first kappa shape index (κ1) is 17.4. The number of carbonyl (C=O) groups excluding carboxylic acids is 1. The zero-order chi connectivity index (χ0) is 18.0. The Morgan fingerprint density at radius 3 is 2.76 bits per heavy atom. The molecule has 1 aromatic heterocycles. The lowest BCUT2D eigenvalue weighted by molar-refractivity contribution is -0.122. The molecule has 25 heavy (non-hydrogen) atoms. The minimum atomic E-state index is -0.187. The summed E-state index contributed by atoms with van der Waals surface area (Å²) in [5.74, 6) is 0.749. The van der Waals surface area contributed by atoms with Crippen molar-refractivity contribution in [1.82, 2.24) is 19.8 Å². The van der Waals surface area contributed by atoms with Crippen molar-refractivity contribution in [2.45, 2.75) is 33.2 Å². The van der Waals surface area contributed by atoms with E-state index in [4.69, 9.17) is 0 Å². The zero-order valence-corrected chi connectivity index (χ0v) is 15.0. The SMILES string of the molecule is Cc1nc(=O)c2ccccc2n1C1=CCN(CC(=O)NC(C)C)CC1. The molecule has 1 aliphatic rings. The fourth-order valence-electron chi connectivity index (χ4n) is 3.26. The van der Waals surface area contributed by atoms with Gasteiger partial charge in [0.05, 0.1) is 17.4 Å². The van der Waals surface area contributed by atoms with E-state index in [1.165, 1.54) is 0 Å². The normalized spacial score (nSPS) is 15.4. The van der Waals surface area contributed by atoms with Crippen LogP contribution in [0.4, 0.5) is 0 Å². The highest BCUT2D eigenvalue weighted by Gasteiger charge is 2.18. The molecule has 0 saturated heterocycles. The second-order valence-electron chi connectivity index (χ2n) is 6.72. The van der Waals surface area contributed by atoms with Crippen LogP contribution in [-0.4, -0.2) is 46.0 Å². The van der Waals surface area contributed by atoms with Crippen molar-refractivity contribution in [2.75, 3.05) is 19.6 Å². The lowest BCUT2D eigenvalue weighted by Crippen LogP contribution is -2.41. The molecule has 0 bridgehead atoms. The molecular weight excluding hydrogens is 316 g/mol. The fraction of sp³-hybridized carbons (Fsp3) is 0.421. The molecule has 0 saturated carbocycles. The van der Waals surface area contributed by atoms with Gasteiger partial charge in [-0.25, -0.2) is 0 Å². The van der Waals surface area contributed by atoms with E-state index in [0.717, 1.165) is 24.2 Å². The van der Waals surface area contributed by atoms with E-state index in [0.29, 0.717) is 24.3 Å². The monoisotopic (exact) mass is 340 g/mol. The van der Waals surface area contributed by atoms with Crippen molar-refractivity contribution in [3.63, 3.8) is 0 Å². The fourth-order valence-corrected chi connectivity index (χ4v) is 3.26. The van der Waals surface area contributed by atoms with Gasteiger partial charge in [-0.2, -0.15) is 4.98 Å². The third-order valence-corrected chi connectivity index (χ3v) is 4.34. The maximum atomic E-state index is 12.1. The number of benzene rings is 1. The van der Waals surface area contributed by atoms with Gasteiger partial charge in [0.25, 0.3) is 5.56 Å². The Morgan fingerprint density at radius 2 is 2.08 bits per heavy atom. The van der Waals surface area contributed by atoms with Crippen LogP contribution in [0.15, 0.2) is 35.1 Å². The van der Waals surface area contributed by atoms with Crippen LogP contribution >= 0.6 is 0 Å². The predicted octanol–water partition coefficient (Wildman–Crippen LogP) is 1.78. The largest absolute Gasteiger partial charge is 0.353 e. The molecule has 0 unspecified atom stereocenters. The van der Waals surface area contributed by atoms with E-state index in [1.807, 2.05) is 45.0 Å². The highest BCUT2D eigenvalue weighted by molar-refractivity contribution is 5.82. The van der Waals surface area contributed by atoms with Gasteiger partial charge in [-0.15, -0.1) is 0 Å². The van der Waals surface area contributed by atoms with Gasteiger partial charge in [0.15, 0.2) is 0 Å². The first-order valence-electron chi connectivity index (χ1n) is 8.65. The van der Waals surface area contributed by atoms with E-state index in [9.17, 15) is 9.59 Å². The molecule has 1 N–H and O–H groups in total. The lowest BCUT2D eigenvalue weighted by atomic mass is 10.1. The summed E-state index contributed by atoms with van der Waals surface area (Å²) in [6.45, 7) is 7.70.